The minimum Gasteiger partial charge on any atom is -0.392 e. The number of aliphatic hydroxyl groups excluding tert-OH is 1. The molecule has 3 aromatic carbocycles. The Morgan fingerprint density at radius 1 is 1.02 bits per heavy atom. The van der Waals surface area contributed by atoms with Crippen molar-refractivity contribution >= 4 is 23.5 Å². The Morgan fingerprint density at radius 3 is 2.38 bits per heavy atom. The molecule has 1 aliphatic rings. The second-order valence-electron chi connectivity index (χ2n) is 12.4. The lowest BCUT2D eigenvalue weighted by atomic mass is 9.98. The van der Waals surface area contributed by atoms with E-state index in [1.54, 1.807) is 19.1 Å². The van der Waals surface area contributed by atoms with Crippen molar-refractivity contribution < 1.29 is 32.7 Å². The van der Waals surface area contributed by atoms with Gasteiger partial charge < -0.3 is 31.3 Å². The third kappa shape index (κ3) is 9.32. The summed E-state index contributed by atoms with van der Waals surface area (Å²) < 4.78 is 40.9. The first kappa shape index (κ1) is 35.4. The number of aryl methyl sites for hydroxylation is 1. The molecule has 4 rings (SSSR count). The minimum atomic E-state index is -4.55. The highest BCUT2D eigenvalue weighted by atomic mass is 19.4. The zero-order valence-electron chi connectivity index (χ0n) is 27.0. The average Bonchev–Trinajstić information content (AvgIpc) is 3.15. The van der Waals surface area contributed by atoms with Gasteiger partial charge in [-0.25, -0.2) is 4.79 Å². The molecular weight excluding hydrogens is 611 g/mol. The molecule has 47 heavy (non-hydrogen) atoms. The Morgan fingerprint density at radius 2 is 1.72 bits per heavy atom. The second kappa shape index (κ2) is 15.0. The van der Waals surface area contributed by atoms with E-state index < -0.39 is 41.4 Å². The van der Waals surface area contributed by atoms with E-state index in [-0.39, 0.29) is 31.8 Å². The number of carbonyl (C=O) groups excluding carboxylic acids is 3. The van der Waals surface area contributed by atoms with Crippen molar-refractivity contribution in [3.05, 3.63) is 89.0 Å². The van der Waals surface area contributed by atoms with Crippen LogP contribution in [0.4, 0.5) is 23.7 Å². The maximum absolute atomic E-state index is 14.0. The molecule has 0 bridgehead atoms. The molecule has 0 aliphatic carbocycles. The van der Waals surface area contributed by atoms with Gasteiger partial charge in [-0.05, 0) is 87.1 Å². The maximum Gasteiger partial charge on any atom is 0.416 e. The van der Waals surface area contributed by atoms with Gasteiger partial charge >= 0.3 is 12.2 Å². The molecule has 1 aliphatic heterocycles. The summed E-state index contributed by atoms with van der Waals surface area (Å²) in [4.78, 5) is 40.9. The molecule has 0 saturated carbocycles. The molecule has 9 nitrogen and oxygen atoms in total. The molecule has 0 saturated heterocycles. The molecule has 5 N–H and O–H groups in total. The van der Waals surface area contributed by atoms with Crippen LogP contribution in [0, 0.1) is 0 Å². The minimum absolute atomic E-state index is 0.0472. The van der Waals surface area contributed by atoms with Gasteiger partial charge in [0.05, 0.1) is 18.2 Å². The van der Waals surface area contributed by atoms with E-state index in [1.165, 1.54) is 11.0 Å². The van der Waals surface area contributed by atoms with Crippen LogP contribution < -0.4 is 26.2 Å². The molecule has 12 heteroatoms. The number of benzene rings is 3. The summed E-state index contributed by atoms with van der Waals surface area (Å²) >= 11 is 0. The predicted octanol–water partition coefficient (Wildman–Crippen LogP) is 5.02. The van der Waals surface area contributed by atoms with Crippen LogP contribution in [0.5, 0.6) is 0 Å². The molecular formula is C35H42F3N5O4. The number of aliphatic hydroxyl groups is 1. The van der Waals surface area contributed by atoms with Gasteiger partial charge in [-0.3, -0.25) is 9.59 Å². The van der Waals surface area contributed by atoms with E-state index in [4.69, 9.17) is 0 Å². The fourth-order valence-corrected chi connectivity index (χ4v) is 5.41. The van der Waals surface area contributed by atoms with Crippen LogP contribution in [0.1, 0.15) is 61.2 Å². The van der Waals surface area contributed by atoms with Crippen LogP contribution >= 0.6 is 0 Å². The summed E-state index contributed by atoms with van der Waals surface area (Å²) in [5.41, 5.74) is 2.10. The van der Waals surface area contributed by atoms with E-state index in [9.17, 15) is 32.7 Å². The number of amides is 4. The Balaban J connectivity index is 1.58. The predicted molar refractivity (Wildman–Crippen MR) is 175 cm³/mol. The third-order valence-electron chi connectivity index (χ3n) is 7.95. The second-order valence-corrected chi connectivity index (χ2v) is 12.4. The van der Waals surface area contributed by atoms with Gasteiger partial charge in [0.1, 0.15) is 6.04 Å². The highest BCUT2D eigenvalue weighted by Gasteiger charge is 2.35. The largest absolute Gasteiger partial charge is 0.416 e. The summed E-state index contributed by atoms with van der Waals surface area (Å²) in [5, 5.41) is 21.0. The number of hydrogen-bond donors (Lipinski definition) is 5. The van der Waals surface area contributed by atoms with Gasteiger partial charge in [0.25, 0.3) is 5.91 Å². The zero-order chi connectivity index (χ0) is 34.4. The molecule has 2 atom stereocenters. The molecule has 0 fully saturated rings. The summed E-state index contributed by atoms with van der Waals surface area (Å²) in [6.45, 7) is 8.24. The zero-order valence-corrected chi connectivity index (χ0v) is 27.0. The summed E-state index contributed by atoms with van der Waals surface area (Å²) in [6, 6.07) is 16.3. The normalized spacial score (nSPS) is 15.8. The fraction of sp³-hybridized carbons (Fsp3) is 0.400. The van der Waals surface area contributed by atoms with Crippen molar-refractivity contribution in [2.75, 3.05) is 24.5 Å². The summed E-state index contributed by atoms with van der Waals surface area (Å²) in [7, 11) is 0. The number of β-amino-alcohol motifs (C(OH)–C–C–N with tert-alkyl or cyclic N) is 1. The Kier molecular flexibility index (Phi) is 11.3. The van der Waals surface area contributed by atoms with Crippen molar-refractivity contribution in [2.45, 2.75) is 70.9 Å². The van der Waals surface area contributed by atoms with E-state index in [2.05, 4.69) is 21.3 Å². The number of hydrogen-bond acceptors (Lipinski definition) is 5. The van der Waals surface area contributed by atoms with Crippen molar-refractivity contribution in [2.24, 2.45) is 0 Å². The topological polar surface area (TPSA) is 123 Å². The maximum atomic E-state index is 14.0. The lowest BCUT2D eigenvalue weighted by molar-refractivity contribution is -0.137. The first-order valence-corrected chi connectivity index (χ1v) is 15.6. The molecule has 0 radical (unpaired) electrons. The number of rotatable bonds is 11. The van der Waals surface area contributed by atoms with Crippen LogP contribution in [0.2, 0.25) is 0 Å². The van der Waals surface area contributed by atoms with Crippen LogP contribution in [0.15, 0.2) is 66.7 Å². The van der Waals surface area contributed by atoms with Crippen LogP contribution in [0.25, 0.3) is 11.1 Å². The molecule has 0 spiro atoms. The number of fused-ring (bicyclic) bond motifs is 1. The average molecular weight is 654 g/mol. The number of alkyl halides is 3. The van der Waals surface area contributed by atoms with Crippen molar-refractivity contribution in [1.82, 2.24) is 21.3 Å². The Bertz CT molecular complexity index is 1570. The van der Waals surface area contributed by atoms with Gasteiger partial charge in [0.15, 0.2) is 0 Å². The lowest BCUT2D eigenvalue weighted by Crippen LogP contribution is -2.55. The first-order chi connectivity index (χ1) is 22.2. The first-order valence-electron chi connectivity index (χ1n) is 15.6. The monoisotopic (exact) mass is 653 g/mol. The van der Waals surface area contributed by atoms with Crippen LogP contribution in [-0.2, 0) is 23.9 Å². The van der Waals surface area contributed by atoms with Crippen LogP contribution in [0.3, 0.4) is 0 Å². The number of carbonyl (C=O) groups is 3. The van der Waals surface area contributed by atoms with Gasteiger partial charge in [-0.1, -0.05) is 42.5 Å². The summed E-state index contributed by atoms with van der Waals surface area (Å²) in [6.07, 6.45) is -4.88. The molecule has 3 aromatic rings. The van der Waals surface area contributed by atoms with Gasteiger partial charge in [0.2, 0.25) is 5.91 Å². The SMILES string of the molecule is CCNC(=O)c1ccccc1-c1ccc(CN2C(=O)[C@H](NC(=O)NCC(C)(C)NC[C@@H](C)O)CCc3cc(C(F)(F)F)ccc32)cc1. The van der Waals surface area contributed by atoms with Crippen molar-refractivity contribution in [3.8, 4) is 11.1 Å². The number of anilines is 1. The quantitative estimate of drug-likeness (QED) is 0.199. The molecule has 0 aromatic heterocycles. The van der Waals surface area contributed by atoms with Gasteiger partial charge in [0, 0.05) is 36.4 Å². The van der Waals surface area contributed by atoms with E-state index >= 15 is 0 Å². The highest BCUT2D eigenvalue weighted by molar-refractivity contribution is 6.01. The van der Waals surface area contributed by atoms with Gasteiger partial charge in [-0.15, -0.1) is 0 Å². The number of halogens is 3. The lowest BCUT2D eigenvalue weighted by Gasteiger charge is -2.29. The standard InChI is InChI=1S/C35H42F3N5O4/c1-5-39-31(45)28-9-7-6-8-27(28)24-12-10-23(11-13-24)20-43-30-17-15-26(35(36,37)38)18-25(30)14-16-29(32(43)46)42-33(47)40-21-34(3,4)41-19-22(2)44/h6-13,15,17-18,22,29,41,44H,5,14,16,19-21H2,1-4H3,(H,39,45)(H2,40,42,47)/t22-,29-/m1/s1. The third-order valence-corrected chi connectivity index (χ3v) is 7.95. The Hall–Kier alpha value is -4.42. The molecule has 1 heterocycles. The number of nitrogens with zero attached hydrogens (tertiary/aromatic N) is 1. The van der Waals surface area contributed by atoms with Crippen molar-refractivity contribution in [1.29, 1.82) is 0 Å². The summed E-state index contributed by atoms with van der Waals surface area (Å²) in [5.74, 6) is -0.643. The fourth-order valence-electron chi connectivity index (χ4n) is 5.41. The smallest absolute Gasteiger partial charge is 0.392 e. The molecule has 0 unspecified atom stereocenters. The van der Waals surface area contributed by atoms with Gasteiger partial charge in [-0.2, -0.15) is 13.2 Å². The van der Waals surface area contributed by atoms with E-state index in [0.717, 1.165) is 23.3 Å². The Labute approximate surface area is 272 Å². The van der Waals surface area contributed by atoms with Crippen LogP contribution in [-0.4, -0.2) is 60.3 Å². The molecule has 252 valence electrons. The number of nitrogens with one attached hydrogen (secondary N) is 4. The molecule has 4 amide bonds. The van der Waals surface area contributed by atoms with E-state index in [0.29, 0.717) is 35.5 Å². The van der Waals surface area contributed by atoms with Crippen molar-refractivity contribution in [3.63, 3.8) is 0 Å². The number of urea groups is 1. The highest BCUT2D eigenvalue weighted by Crippen LogP contribution is 2.36. The van der Waals surface area contributed by atoms with E-state index in [1.807, 2.05) is 57.2 Å².